The number of rotatable bonds is 5. The molecule has 2 aromatic rings. The predicted molar refractivity (Wildman–Crippen MR) is 73.3 cm³/mol. The number of benzene rings is 1. The normalized spacial score (nSPS) is 10.9. The molecule has 1 aromatic carbocycles. The van der Waals surface area contributed by atoms with Crippen LogP contribution in [0.2, 0.25) is 0 Å². The first kappa shape index (κ1) is 12.6. The van der Waals surface area contributed by atoms with Crippen LogP contribution in [0.1, 0.15) is 25.5 Å². The Kier molecular flexibility index (Phi) is 3.97. The molecule has 0 saturated carbocycles. The second kappa shape index (κ2) is 5.67. The Morgan fingerprint density at radius 1 is 1.22 bits per heavy atom. The van der Waals surface area contributed by atoms with Crippen LogP contribution in [0.5, 0.6) is 0 Å². The van der Waals surface area contributed by atoms with Crippen LogP contribution in [0.4, 0.5) is 5.69 Å². The summed E-state index contributed by atoms with van der Waals surface area (Å²) in [5.74, 6) is 2.48. The first-order chi connectivity index (χ1) is 8.65. The van der Waals surface area contributed by atoms with Crippen molar-refractivity contribution in [2.75, 3.05) is 5.32 Å². The summed E-state index contributed by atoms with van der Waals surface area (Å²) in [6.45, 7) is 5.06. The minimum Gasteiger partial charge on any atom is -0.378 e. The molecule has 4 heteroatoms. The lowest BCUT2D eigenvalue weighted by Crippen LogP contribution is -2.06. The van der Waals surface area contributed by atoms with E-state index in [0.29, 0.717) is 12.5 Å². The summed E-state index contributed by atoms with van der Waals surface area (Å²) in [6, 6.07) is 10.1. The fraction of sp³-hybridized carbons (Fsp3) is 0.429. The van der Waals surface area contributed by atoms with Crippen LogP contribution in [0.15, 0.2) is 30.3 Å². The number of anilines is 1. The van der Waals surface area contributed by atoms with Crippen molar-refractivity contribution in [3.05, 3.63) is 42.0 Å². The van der Waals surface area contributed by atoms with Crippen LogP contribution in [0.3, 0.4) is 0 Å². The summed E-state index contributed by atoms with van der Waals surface area (Å²) in [5, 5.41) is 7.77. The van der Waals surface area contributed by atoms with E-state index in [-0.39, 0.29) is 0 Å². The van der Waals surface area contributed by atoms with Gasteiger partial charge in [0, 0.05) is 19.2 Å². The molecule has 2 rings (SSSR count). The van der Waals surface area contributed by atoms with Gasteiger partial charge in [0.1, 0.15) is 5.82 Å². The Morgan fingerprint density at radius 2 is 1.94 bits per heavy atom. The Balaban J connectivity index is 1.99. The Labute approximate surface area is 108 Å². The maximum atomic E-state index is 4.55. The zero-order chi connectivity index (χ0) is 13.0. The van der Waals surface area contributed by atoms with Gasteiger partial charge in [0.25, 0.3) is 0 Å². The fourth-order valence-corrected chi connectivity index (χ4v) is 1.82. The molecule has 0 bridgehead atoms. The van der Waals surface area contributed by atoms with Crippen molar-refractivity contribution in [3.63, 3.8) is 0 Å². The molecule has 96 valence electrons. The van der Waals surface area contributed by atoms with Crippen molar-refractivity contribution < 1.29 is 0 Å². The highest BCUT2D eigenvalue weighted by Crippen LogP contribution is 2.08. The molecule has 4 nitrogen and oxygen atoms in total. The third-order valence-corrected chi connectivity index (χ3v) is 2.71. The van der Waals surface area contributed by atoms with Crippen LogP contribution in [-0.2, 0) is 20.0 Å². The molecule has 0 amide bonds. The predicted octanol–water partition coefficient (Wildman–Crippen LogP) is 2.63. The fourth-order valence-electron chi connectivity index (χ4n) is 1.82. The number of nitrogens with zero attached hydrogens (tertiary/aromatic N) is 3. The van der Waals surface area contributed by atoms with Crippen molar-refractivity contribution in [2.24, 2.45) is 13.0 Å². The Hall–Kier alpha value is -1.84. The van der Waals surface area contributed by atoms with Crippen LogP contribution in [-0.4, -0.2) is 14.8 Å². The average molecular weight is 244 g/mol. The van der Waals surface area contributed by atoms with Crippen LogP contribution < -0.4 is 5.32 Å². The van der Waals surface area contributed by atoms with Crippen molar-refractivity contribution >= 4 is 5.69 Å². The van der Waals surface area contributed by atoms with Gasteiger partial charge in [-0.2, -0.15) is 5.10 Å². The van der Waals surface area contributed by atoms with E-state index in [4.69, 9.17) is 0 Å². The van der Waals surface area contributed by atoms with Gasteiger partial charge >= 0.3 is 0 Å². The summed E-state index contributed by atoms with van der Waals surface area (Å²) in [4.78, 5) is 4.55. The maximum Gasteiger partial charge on any atom is 0.151 e. The number of aromatic nitrogens is 3. The number of hydrogen-bond acceptors (Lipinski definition) is 3. The quantitative estimate of drug-likeness (QED) is 0.879. The standard InChI is InChI=1S/C14H20N4/c1-11(2)9-13-16-14(18(3)17-13)10-15-12-7-5-4-6-8-12/h4-8,11,15H,9-10H2,1-3H3. The largest absolute Gasteiger partial charge is 0.378 e. The first-order valence-corrected chi connectivity index (χ1v) is 6.33. The Bertz CT molecular complexity index is 488. The molecular formula is C14H20N4. The van der Waals surface area contributed by atoms with Gasteiger partial charge in [0.15, 0.2) is 5.82 Å². The molecule has 0 aliphatic heterocycles. The zero-order valence-corrected chi connectivity index (χ0v) is 11.2. The smallest absolute Gasteiger partial charge is 0.151 e. The lowest BCUT2D eigenvalue weighted by molar-refractivity contribution is 0.612. The molecule has 1 heterocycles. The van der Waals surface area contributed by atoms with Crippen molar-refractivity contribution in [1.29, 1.82) is 0 Å². The number of nitrogens with one attached hydrogen (secondary N) is 1. The molecular weight excluding hydrogens is 224 g/mol. The Morgan fingerprint density at radius 3 is 2.61 bits per heavy atom. The SMILES string of the molecule is CC(C)Cc1nc(CNc2ccccc2)n(C)n1. The van der Waals surface area contributed by atoms with Gasteiger partial charge in [-0.05, 0) is 18.1 Å². The molecule has 1 N–H and O–H groups in total. The molecule has 0 fully saturated rings. The van der Waals surface area contributed by atoms with Crippen molar-refractivity contribution in [3.8, 4) is 0 Å². The molecule has 1 aromatic heterocycles. The third kappa shape index (κ3) is 3.32. The van der Waals surface area contributed by atoms with Crippen LogP contribution in [0, 0.1) is 5.92 Å². The van der Waals surface area contributed by atoms with Crippen LogP contribution in [0.25, 0.3) is 0 Å². The summed E-state index contributed by atoms with van der Waals surface area (Å²) in [6.07, 6.45) is 0.930. The van der Waals surface area contributed by atoms with Crippen LogP contribution >= 0.6 is 0 Å². The number of aryl methyl sites for hydroxylation is 1. The minimum absolute atomic E-state index is 0.585. The first-order valence-electron chi connectivity index (χ1n) is 6.33. The van der Waals surface area contributed by atoms with E-state index in [2.05, 4.69) is 29.2 Å². The van der Waals surface area contributed by atoms with E-state index in [0.717, 1.165) is 23.8 Å². The van der Waals surface area contributed by atoms with E-state index in [9.17, 15) is 0 Å². The number of para-hydroxylation sites is 1. The van der Waals surface area contributed by atoms with Gasteiger partial charge in [-0.25, -0.2) is 4.98 Å². The lowest BCUT2D eigenvalue weighted by atomic mass is 10.1. The second-order valence-corrected chi connectivity index (χ2v) is 4.89. The van der Waals surface area contributed by atoms with E-state index < -0.39 is 0 Å². The van der Waals surface area contributed by atoms with Gasteiger partial charge in [0.05, 0.1) is 6.54 Å². The van der Waals surface area contributed by atoms with Gasteiger partial charge in [-0.1, -0.05) is 32.0 Å². The highest BCUT2D eigenvalue weighted by atomic mass is 15.3. The topological polar surface area (TPSA) is 42.7 Å². The summed E-state index contributed by atoms with van der Waals surface area (Å²) in [5.41, 5.74) is 1.10. The van der Waals surface area contributed by atoms with Crippen molar-refractivity contribution in [2.45, 2.75) is 26.8 Å². The average Bonchev–Trinajstić information content (AvgIpc) is 2.67. The summed E-state index contributed by atoms with van der Waals surface area (Å²) >= 11 is 0. The molecule has 0 radical (unpaired) electrons. The molecule has 0 aliphatic carbocycles. The van der Waals surface area contributed by atoms with Crippen molar-refractivity contribution in [1.82, 2.24) is 14.8 Å². The summed E-state index contributed by atoms with van der Waals surface area (Å²) in [7, 11) is 1.94. The van der Waals surface area contributed by atoms with E-state index in [1.807, 2.05) is 42.1 Å². The second-order valence-electron chi connectivity index (χ2n) is 4.89. The van der Waals surface area contributed by atoms with Gasteiger partial charge in [-0.15, -0.1) is 0 Å². The molecule has 0 atom stereocenters. The maximum absolute atomic E-state index is 4.55. The molecule has 0 spiro atoms. The monoisotopic (exact) mass is 244 g/mol. The highest BCUT2D eigenvalue weighted by molar-refractivity contribution is 5.42. The third-order valence-electron chi connectivity index (χ3n) is 2.71. The van der Waals surface area contributed by atoms with Gasteiger partial charge in [0.2, 0.25) is 0 Å². The number of hydrogen-bond donors (Lipinski definition) is 1. The zero-order valence-electron chi connectivity index (χ0n) is 11.2. The molecule has 0 unspecified atom stereocenters. The minimum atomic E-state index is 0.585. The lowest BCUT2D eigenvalue weighted by Gasteiger charge is -2.04. The molecule has 0 saturated heterocycles. The summed E-state index contributed by atoms with van der Waals surface area (Å²) < 4.78 is 1.85. The molecule has 18 heavy (non-hydrogen) atoms. The highest BCUT2D eigenvalue weighted by Gasteiger charge is 2.08. The van der Waals surface area contributed by atoms with E-state index >= 15 is 0 Å². The molecule has 0 aliphatic rings. The van der Waals surface area contributed by atoms with E-state index in [1.165, 1.54) is 0 Å². The van der Waals surface area contributed by atoms with E-state index in [1.54, 1.807) is 0 Å². The van der Waals surface area contributed by atoms with Gasteiger partial charge < -0.3 is 5.32 Å². The van der Waals surface area contributed by atoms with Gasteiger partial charge in [-0.3, -0.25) is 4.68 Å².